The van der Waals surface area contributed by atoms with Crippen LogP contribution in [0.4, 0.5) is 0 Å². The predicted octanol–water partition coefficient (Wildman–Crippen LogP) is 2.07. The maximum Gasteiger partial charge on any atom is 0.137 e. The molecule has 4 nitrogen and oxygen atoms in total. The maximum atomic E-state index is 8.88. The van der Waals surface area contributed by atoms with Gasteiger partial charge in [-0.05, 0) is 44.4 Å². The molecule has 102 valence electrons. The molecule has 0 amide bonds. The normalized spacial score (nSPS) is 15.5. The van der Waals surface area contributed by atoms with Gasteiger partial charge in [0.25, 0.3) is 0 Å². The molecule has 1 aliphatic rings. The third kappa shape index (κ3) is 3.14. The first-order chi connectivity index (χ1) is 9.36. The summed E-state index contributed by atoms with van der Waals surface area (Å²) >= 11 is 0. The highest BCUT2D eigenvalue weighted by atomic mass is 16.2. The quantitative estimate of drug-likeness (QED) is 0.774. The number of aromatic nitrogens is 2. The Morgan fingerprint density at radius 1 is 1.32 bits per heavy atom. The molecule has 19 heavy (non-hydrogen) atoms. The van der Waals surface area contributed by atoms with E-state index < -0.39 is 0 Å². The lowest BCUT2D eigenvalue weighted by molar-refractivity contribution is 0.227. The van der Waals surface area contributed by atoms with Crippen molar-refractivity contribution in [1.29, 1.82) is 0 Å². The Labute approximate surface area is 113 Å². The molecule has 1 fully saturated rings. The molecule has 4 heteroatoms. The van der Waals surface area contributed by atoms with E-state index in [2.05, 4.69) is 20.5 Å². The molecule has 0 saturated heterocycles. The number of fused-ring (bicyclic) bond motifs is 1. The molecule has 1 saturated carbocycles. The van der Waals surface area contributed by atoms with Gasteiger partial charge in [0, 0.05) is 31.6 Å². The first kappa shape index (κ1) is 12.6. The number of hydrogen-bond acceptors (Lipinski definition) is 3. The molecule has 2 aromatic heterocycles. The van der Waals surface area contributed by atoms with Gasteiger partial charge in [0.2, 0.25) is 0 Å². The smallest absolute Gasteiger partial charge is 0.137 e. The number of unbranched alkanes of at least 4 members (excludes halogenated alkanes) is 1. The summed E-state index contributed by atoms with van der Waals surface area (Å²) in [6.07, 6.45) is 8.75. The third-order valence-corrected chi connectivity index (χ3v) is 3.70. The number of imidazole rings is 1. The van der Waals surface area contributed by atoms with Gasteiger partial charge in [-0.3, -0.25) is 4.90 Å². The van der Waals surface area contributed by atoms with E-state index in [1.54, 1.807) is 0 Å². The molecule has 1 N–H and O–H groups in total. The highest BCUT2D eigenvalue weighted by Gasteiger charge is 2.28. The van der Waals surface area contributed by atoms with Crippen LogP contribution >= 0.6 is 0 Å². The van der Waals surface area contributed by atoms with Crippen LogP contribution in [0.3, 0.4) is 0 Å². The number of aliphatic hydroxyl groups excluding tert-OH is 1. The lowest BCUT2D eigenvalue weighted by Crippen LogP contribution is -2.27. The van der Waals surface area contributed by atoms with Crippen LogP contribution in [0.15, 0.2) is 30.6 Å². The van der Waals surface area contributed by atoms with Crippen LogP contribution in [0.5, 0.6) is 0 Å². The fraction of sp³-hybridized carbons (Fsp3) is 0.533. The molecule has 3 rings (SSSR count). The van der Waals surface area contributed by atoms with Gasteiger partial charge >= 0.3 is 0 Å². The lowest BCUT2D eigenvalue weighted by atomic mass is 10.3. The highest BCUT2D eigenvalue weighted by Crippen LogP contribution is 2.28. The Hall–Kier alpha value is -1.39. The van der Waals surface area contributed by atoms with Gasteiger partial charge in [-0.1, -0.05) is 6.07 Å². The van der Waals surface area contributed by atoms with Crippen molar-refractivity contribution in [3.05, 3.63) is 36.3 Å². The lowest BCUT2D eigenvalue weighted by Gasteiger charge is -2.20. The van der Waals surface area contributed by atoms with Gasteiger partial charge < -0.3 is 9.51 Å². The van der Waals surface area contributed by atoms with E-state index in [0.29, 0.717) is 6.61 Å². The van der Waals surface area contributed by atoms with Crippen LogP contribution < -0.4 is 0 Å². The summed E-state index contributed by atoms with van der Waals surface area (Å²) in [5, 5.41) is 8.88. The number of pyridine rings is 1. The number of rotatable bonds is 7. The first-order valence-corrected chi connectivity index (χ1v) is 7.14. The fourth-order valence-electron chi connectivity index (χ4n) is 2.53. The Morgan fingerprint density at radius 2 is 2.21 bits per heavy atom. The molecular formula is C15H21N3O. The van der Waals surface area contributed by atoms with E-state index in [-0.39, 0.29) is 0 Å². The van der Waals surface area contributed by atoms with Crippen molar-refractivity contribution < 1.29 is 5.11 Å². The van der Waals surface area contributed by atoms with E-state index in [1.807, 2.05) is 24.4 Å². The second-order valence-corrected chi connectivity index (χ2v) is 5.33. The maximum absolute atomic E-state index is 8.88. The summed E-state index contributed by atoms with van der Waals surface area (Å²) < 4.78 is 2.08. The van der Waals surface area contributed by atoms with Crippen LogP contribution in [0, 0.1) is 0 Å². The second kappa shape index (κ2) is 5.72. The Kier molecular flexibility index (Phi) is 3.80. The zero-order chi connectivity index (χ0) is 13.1. The van der Waals surface area contributed by atoms with Crippen molar-refractivity contribution in [2.45, 2.75) is 38.3 Å². The van der Waals surface area contributed by atoms with Crippen molar-refractivity contribution in [2.75, 3.05) is 13.2 Å². The molecule has 0 aliphatic heterocycles. The largest absolute Gasteiger partial charge is 0.396 e. The summed E-state index contributed by atoms with van der Waals surface area (Å²) in [4.78, 5) is 7.17. The first-order valence-electron chi connectivity index (χ1n) is 7.14. The van der Waals surface area contributed by atoms with Gasteiger partial charge in [0.15, 0.2) is 0 Å². The van der Waals surface area contributed by atoms with E-state index in [1.165, 1.54) is 12.8 Å². The fourth-order valence-corrected chi connectivity index (χ4v) is 2.53. The molecule has 0 unspecified atom stereocenters. The van der Waals surface area contributed by atoms with Crippen LogP contribution in [0.25, 0.3) is 5.65 Å². The summed E-state index contributed by atoms with van der Waals surface area (Å²) in [5.41, 5.74) is 2.16. The molecule has 2 aromatic rings. The summed E-state index contributed by atoms with van der Waals surface area (Å²) in [7, 11) is 0. The number of nitrogens with zero attached hydrogens (tertiary/aromatic N) is 3. The summed E-state index contributed by atoms with van der Waals surface area (Å²) in [6, 6.07) is 6.82. The average Bonchev–Trinajstić information content (AvgIpc) is 3.18. The monoisotopic (exact) mass is 259 g/mol. The minimum Gasteiger partial charge on any atom is -0.396 e. The van der Waals surface area contributed by atoms with Crippen molar-refractivity contribution in [2.24, 2.45) is 0 Å². The Balaban J connectivity index is 1.66. The topological polar surface area (TPSA) is 40.8 Å². The van der Waals surface area contributed by atoms with E-state index in [9.17, 15) is 0 Å². The van der Waals surface area contributed by atoms with E-state index in [0.717, 1.165) is 43.3 Å². The van der Waals surface area contributed by atoms with Crippen molar-refractivity contribution in [1.82, 2.24) is 14.3 Å². The summed E-state index contributed by atoms with van der Waals surface area (Å²) in [6.45, 7) is 2.30. The Bertz CT molecular complexity index is 500. The molecule has 2 heterocycles. The molecule has 0 aromatic carbocycles. The zero-order valence-corrected chi connectivity index (χ0v) is 11.2. The zero-order valence-electron chi connectivity index (χ0n) is 11.2. The predicted molar refractivity (Wildman–Crippen MR) is 74.9 cm³/mol. The molecule has 0 radical (unpaired) electrons. The van der Waals surface area contributed by atoms with Crippen LogP contribution in [0.2, 0.25) is 0 Å². The molecule has 0 bridgehead atoms. The van der Waals surface area contributed by atoms with Crippen molar-refractivity contribution in [3.63, 3.8) is 0 Å². The average molecular weight is 259 g/mol. The van der Waals surface area contributed by atoms with Crippen molar-refractivity contribution in [3.8, 4) is 0 Å². The highest BCUT2D eigenvalue weighted by molar-refractivity contribution is 5.39. The SMILES string of the molecule is OCCCCN(Cc1cn2ccccc2n1)C1CC1. The van der Waals surface area contributed by atoms with Crippen LogP contribution in [-0.2, 0) is 6.54 Å². The summed E-state index contributed by atoms with van der Waals surface area (Å²) in [5.74, 6) is 0. The number of aliphatic hydroxyl groups is 1. The molecule has 0 spiro atoms. The van der Waals surface area contributed by atoms with Gasteiger partial charge in [0.1, 0.15) is 5.65 Å². The molecular weight excluding hydrogens is 238 g/mol. The van der Waals surface area contributed by atoms with Crippen LogP contribution in [0.1, 0.15) is 31.4 Å². The van der Waals surface area contributed by atoms with Gasteiger partial charge in [-0.15, -0.1) is 0 Å². The minimum atomic E-state index is 0.298. The molecule has 0 atom stereocenters. The van der Waals surface area contributed by atoms with Gasteiger partial charge in [-0.2, -0.15) is 0 Å². The second-order valence-electron chi connectivity index (χ2n) is 5.33. The van der Waals surface area contributed by atoms with Gasteiger partial charge in [0.05, 0.1) is 5.69 Å². The van der Waals surface area contributed by atoms with E-state index in [4.69, 9.17) is 5.11 Å². The number of hydrogen-bond donors (Lipinski definition) is 1. The standard InChI is InChI=1S/C15H21N3O/c19-10-4-3-8-17(14-6-7-14)11-13-12-18-9-2-1-5-15(18)16-13/h1-2,5,9,12,14,19H,3-4,6-8,10-11H2. The third-order valence-electron chi connectivity index (χ3n) is 3.70. The Morgan fingerprint density at radius 3 is 2.95 bits per heavy atom. The van der Waals surface area contributed by atoms with E-state index >= 15 is 0 Å². The van der Waals surface area contributed by atoms with Crippen LogP contribution in [-0.4, -0.2) is 38.6 Å². The molecule has 1 aliphatic carbocycles. The van der Waals surface area contributed by atoms with Crippen molar-refractivity contribution >= 4 is 5.65 Å². The van der Waals surface area contributed by atoms with Gasteiger partial charge in [-0.25, -0.2) is 4.98 Å². The minimum absolute atomic E-state index is 0.298.